The summed E-state index contributed by atoms with van der Waals surface area (Å²) in [5.74, 6) is -0.0505. The third-order valence-electron chi connectivity index (χ3n) is 5.21. The molecule has 0 spiro atoms. The quantitative estimate of drug-likeness (QED) is 0.746. The van der Waals surface area contributed by atoms with Gasteiger partial charge in [0.1, 0.15) is 0 Å². The molecule has 8 nitrogen and oxygen atoms in total. The Morgan fingerprint density at radius 1 is 1.21 bits per heavy atom. The average Bonchev–Trinajstić information content (AvgIpc) is 3.30. The molecule has 4 heterocycles. The van der Waals surface area contributed by atoms with Crippen LogP contribution in [0.5, 0.6) is 0 Å². The fraction of sp³-hybridized carbons (Fsp3) is 0.733. The van der Waals surface area contributed by atoms with Gasteiger partial charge in [0.05, 0.1) is 24.7 Å². The summed E-state index contributed by atoms with van der Waals surface area (Å²) in [6.45, 7) is 3.90. The summed E-state index contributed by atoms with van der Waals surface area (Å²) in [7, 11) is 0. The zero-order valence-corrected chi connectivity index (χ0v) is 14.2. The van der Waals surface area contributed by atoms with Crippen molar-refractivity contribution < 1.29 is 19.1 Å². The van der Waals surface area contributed by atoms with Gasteiger partial charge >= 0.3 is 0 Å². The van der Waals surface area contributed by atoms with Crippen LogP contribution in [-0.2, 0) is 14.3 Å². The number of rotatable bonds is 2. The highest BCUT2D eigenvalue weighted by Crippen LogP contribution is 2.42. The highest BCUT2D eigenvalue weighted by atomic mass is 32.1. The molecule has 0 N–H and O–H groups in total. The van der Waals surface area contributed by atoms with E-state index in [2.05, 4.69) is 9.59 Å². The van der Waals surface area contributed by atoms with Crippen LogP contribution in [0.2, 0.25) is 0 Å². The van der Waals surface area contributed by atoms with Gasteiger partial charge in [-0.15, -0.1) is 5.10 Å². The molecule has 2 amide bonds. The molecule has 0 aromatic carbocycles. The minimum atomic E-state index is -0.630. The minimum absolute atomic E-state index is 0.0993. The van der Waals surface area contributed by atoms with Crippen LogP contribution < -0.4 is 0 Å². The fourth-order valence-electron chi connectivity index (χ4n) is 3.92. The second-order valence-electron chi connectivity index (χ2n) is 6.48. The Morgan fingerprint density at radius 3 is 2.79 bits per heavy atom. The van der Waals surface area contributed by atoms with Crippen molar-refractivity contribution in [2.24, 2.45) is 5.41 Å². The molecular formula is C15H20N4O4S. The second kappa shape index (κ2) is 6.38. The van der Waals surface area contributed by atoms with Gasteiger partial charge in [-0.05, 0) is 24.4 Å². The van der Waals surface area contributed by atoms with Crippen molar-refractivity contribution in [2.45, 2.75) is 18.9 Å². The molecule has 3 aliphatic heterocycles. The number of piperidine rings is 1. The first-order chi connectivity index (χ1) is 11.7. The molecular weight excluding hydrogens is 332 g/mol. The van der Waals surface area contributed by atoms with E-state index in [1.54, 1.807) is 10.3 Å². The van der Waals surface area contributed by atoms with Gasteiger partial charge in [-0.25, -0.2) is 0 Å². The van der Waals surface area contributed by atoms with Crippen molar-refractivity contribution in [2.75, 3.05) is 46.0 Å². The van der Waals surface area contributed by atoms with Gasteiger partial charge in [-0.1, -0.05) is 4.49 Å². The molecule has 9 heteroatoms. The molecule has 3 saturated heterocycles. The largest absolute Gasteiger partial charge is 0.378 e. The average molecular weight is 352 g/mol. The van der Waals surface area contributed by atoms with E-state index in [1.165, 1.54) is 0 Å². The van der Waals surface area contributed by atoms with Gasteiger partial charge in [-0.2, -0.15) is 0 Å². The minimum Gasteiger partial charge on any atom is -0.378 e. The number of morpholine rings is 1. The van der Waals surface area contributed by atoms with Crippen molar-refractivity contribution in [3.8, 4) is 0 Å². The van der Waals surface area contributed by atoms with Gasteiger partial charge in [0.2, 0.25) is 5.91 Å². The Labute approximate surface area is 143 Å². The van der Waals surface area contributed by atoms with Gasteiger partial charge in [0.15, 0.2) is 5.69 Å². The number of likely N-dealkylation sites (tertiary alicyclic amines) is 1. The molecule has 4 rings (SSSR count). The second-order valence-corrected chi connectivity index (χ2v) is 7.09. The Kier molecular flexibility index (Phi) is 4.23. The van der Waals surface area contributed by atoms with E-state index in [0.29, 0.717) is 64.5 Å². The molecule has 0 saturated carbocycles. The maximum Gasteiger partial charge on any atom is 0.275 e. The fourth-order valence-corrected chi connectivity index (χ4v) is 4.35. The number of aromatic nitrogens is 2. The van der Waals surface area contributed by atoms with E-state index >= 15 is 0 Å². The number of nitrogens with zero attached hydrogens (tertiary/aromatic N) is 4. The standard InChI is InChI=1S/C15H20N4O4S/c20-13(11-9-24-17-16-11)19-3-1-12-15(10-19,2-6-23-12)14(21)18-4-7-22-8-5-18/h9,12H,1-8,10H2/t12-,15-/m1/s1. The van der Waals surface area contributed by atoms with Crippen LogP contribution in [0.15, 0.2) is 5.38 Å². The molecule has 24 heavy (non-hydrogen) atoms. The van der Waals surface area contributed by atoms with E-state index < -0.39 is 5.41 Å². The van der Waals surface area contributed by atoms with Crippen LogP contribution in [0, 0.1) is 5.41 Å². The summed E-state index contributed by atoms with van der Waals surface area (Å²) in [5, 5.41) is 5.52. The third kappa shape index (κ3) is 2.60. The van der Waals surface area contributed by atoms with E-state index in [1.807, 2.05) is 4.90 Å². The molecule has 3 fully saturated rings. The number of hydrogen-bond acceptors (Lipinski definition) is 7. The summed E-state index contributed by atoms with van der Waals surface area (Å²) >= 11 is 1.16. The van der Waals surface area contributed by atoms with Crippen LogP contribution in [0.4, 0.5) is 0 Å². The number of amides is 2. The lowest BCUT2D eigenvalue weighted by atomic mass is 9.75. The van der Waals surface area contributed by atoms with Gasteiger partial charge in [0, 0.05) is 38.2 Å². The van der Waals surface area contributed by atoms with Crippen LogP contribution in [0.1, 0.15) is 23.3 Å². The lowest BCUT2D eigenvalue weighted by Gasteiger charge is -2.45. The van der Waals surface area contributed by atoms with Crippen LogP contribution in [-0.4, -0.2) is 83.3 Å². The first-order valence-electron chi connectivity index (χ1n) is 8.26. The van der Waals surface area contributed by atoms with Crippen LogP contribution in [0.25, 0.3) is 0 Å². The maximum atomic E-state index is 13.2. The van der Waals surface area contributed by atoms with Gasteiger partial charge < -0.3 is 19.3 Å². The summed E-state index contributed by atoms with van der Waals surface area (Å²) in [5.41, 5.74) is -0.277. The summed E-state index contributed by atoms with van der Waals surface area (Å²) in [6, 6.07) is 0. The maximum absolute atomic E-state index is 13.2. The smallest absolute Gasteiger partial charge is 0.275 e. The predicted molar refractivity (Wildman–Crippen MR) is 84.6 cm³/mol. The summed E-state index contributed by atoms with van der Waals surface area (Å²) in [6.07, 6.45) is 1.23. The zero-order valence-electron chi connectivity index (χ0n) is 13.3. The normalized spacial score (nSPS) is 30.2. The molecule has 1 aromatic rings. The Hall–Kier alpha value is -1.58. The van der Waals surface area contributed by atoms with Crippen molar-refractivity contribution >= 4 is 23.3 Å². The van der Waals surface area contributed by atoms with Gasteiger partial charge in [0.25, 0.3) is 5.91 Å². The third-order valence-corrected chi connectivity index (χ3v) is 5.71. The molecule has 2 atom stereocenters. The first kappa shape index (κ1) is 15.9. The van der Waals surface area contributed by atoms with E-state index in [4.69, 9.17) is 9.47 Å². The Balaban J connectivity index is 1.56. The number of hydrogen-bond donors (Lipinski definition) is 0. The van der Waals surface area contributed by atoms with Crippen LogP contribution >= 0.6 is 11.5 Å². The van der Waals surface area contributed by atoms with Crippen LogP contribution in [0.3, 0.4) is 0 Å². The molecule has 1 aromatic heterocycles. The van der Waals surface area contributed by atoms with Crippen molar-refractivity contribution in [3.63, 3.8) is 0 Å². The summed E-state index contributed by atoms with van der Waals surface area (Å²) < 4.78 is 15.0. The Bertz CT molecular complexity index is 619. The topological polar surface area (TPSA) is 84.9 Å². The van der Waals surface area contributed by atoms with Crippen molar-refractivity contribution in [1.82, 2.24) is 19.4 Å². The molecule has 0 bridgehead atoms. The van der Waals surface area contributed by atoms with Crippen molar-refractivity contribution in [3.05, 3.63) is 11.1 Å². The SMILES string of the molecule is O=C(c1csnn1)N1CC[C@H]2OCC[C@@]2(C(=O)N2CCOCC2)C1. The zero-order chi connectivity index (χ0) is 16.6. The predicted octanol–water partition coefficient (Wildman–Crippen LogP) is 0.0181. The monoisotopic (exact) mass is 352 g/mol. The highest BCUT2D eigenvalue weighted by molar-refractivity contribution is 7.03. The molecule has 0 aliphatic carbocycles. The molecule has 0 unspecified atom stereocenters. The highest BCUT2D eigenvalue weighted by Gasteiger charge is 2.55. The number of carbonyl (C=O) groups is 2. The van der Waals surface area contributed by atoms with E-state index in [-0.39, 0.29) is 17.9 Å². The van der Waals surface area contributed by atoms with Gasteiger partial charge in [-0.3, -0.25) is 9.59 Å². The van der Waals surface area contributed by atoms with E-state index in [9.17, 15) is 9.59 Å². The molecule has 3 aliphatic rings. The summed E-state index contributed by atoms with van der Waals surface area (Å²) in [4.78, 5) is 29.5. The first-order valence-corrected chi connectivity index (χ1v) is 9.09. The lowest BCUT2D eigenvalue weighted by molar-refractivity contribution is -0.153. The number of fused-ring (bicyclic) bond motifs is 1. The number of carbonyl (C=O) groups excluding carboxylic acids is 2. The lowest BCUT2D eigenvalue weighted by Crippen LogP contribution is -2.60. The van der Waals surface area contributed by atoms with Crippen molar-refractivity contribution in [1.29, 1.82) is 0 Å². The molecule has 130 valence electrons. The molecule has 0 radical (unpaired) electrons. The van der Waals surface area contributed by atoms with E-state index in [0.717, 1.165) is 11.5 Å². The number of ether oxygens (including phenoxy) is 2. The Morgan fingerprint density at radius 2 is 2.04 bits per heavy atom.